The second-order valence-corrected chi connectivity index (χ2v) is 5.35. The maximum absolute atomic E-state index is 13.1. The van der Waals surface area contributed by atoms with Gasteiger partial charge < -0.3 is 9.84 Å². The Morgan fingerprint density at radius 1 is 1.11 bits per heavy atom. The van der Waals surface area contributed by atoms with Gasteiger partial charge in [0.15, 0.2) is 0 Å². The van der Waals surface area contributed by atoms with E-state index in [1.54, 1.807) is 30.3 Å². The van der Waals surface area contributed by atoms with E-state index in [1.165, 1.54) is 23.5 Å². The van der Waals surface area contributed by atoms with Crippen molar-refractivity contribution < 1.29 is 14.2 Å². The molecule has 0 spiro atoms. The molecule has 0 radical (unpaired) electrons. The molecule has 0 bridgehead atoms. The Kier molecular flexibility index (Phi) is 3.09. The summed E-state index contributed by atoms with van der Waals surface area (Å²) in [6.45, 7) is 0.407. The fraction of sp³-hybridized carbons (Fsp3) is 0.0667. The molecule has 0 saturated heterocycles. The van der Waals surface area contributed by atoms with Crippen LogP contribution in [0.5, 0.6) is 11.5 Å². The summed E-state index contributed by atoms with van der Waals surface area (Å²) < 4.78 is 19.6. The predicted molar refractivity (Wildman–Crippen MR) is 74.2 cm³/mol. The lowest BCUT2D eigenvalue weighted by Gasteiger charge is -2.04. The third-order valence-corrected chi connectivity index (χ3v) is 3.80. The highest BCUT2D eigenvalue weighted by atomic mass is 32.1. The third-order valence-electron chi connectivity index (χ3n) is 2.73. The van der Waals surface area contributed by atoms with Crippen LogP contribution in [0.15, 0.2) is 48.5 Å². The molecule has 0 fully saturated rings. The zero-order chi connectivity index (χ0) is 13.2. The second-order valence-electron chi connectivity index (χ2n) is 4.18. The molecular formula is C15H11FO2S. The normalized spacial score (nSPS) is 10.8. The highest BCUT2D eigenvalue weighted by Gasteiger charge is 2.04. The van der Waals surface area contributed by atoms with Crippen LogP contribution in [-0.2, 0) is 6.61 Å². The Bertz CT molecular complexity index is 721. The maximum Gasteiger partial charge on any atom is 0.124 e. The zero-order valence-corrected chi connectivity index (χ0v) is 10.8. The molecule has 2 aromatic carbocycles. The number of phenols is 1. The first-order valence-corrected chi connectivity index (χ1v) is 6.62. The van der Waals surface area contributed by atoms with Crippen LogP contribution < -0.4 is 4.74 Å². The van der Waals surface area contributed by atoms with Crippen molar-refractivity contribution in [1.82, 2.24) is 0 Å². The van der Waals surface area contributed by atoms with Crippen LogP contribution in [0.4, 0.5) is 4.39 Å². The number of aromatic hydroxyl groups is 1. The monoisotopic (exact) mass is 274 g/mol. The minimum absolute atomic E-state index is 0.177. The number of thiophene rings is 1. The number of hydrogen-bond donors (Lipinski definition) is 1. The molecule has 0 amide bonds. The van der Waals surface area contributed by atoms with Gasteiger partial charge >= 0.3 is 0 Å². The molecule has 0 aliphatic rings. The van der Waals surface area contributed by atoms with Crippen LogP contribution in [0.25, 0.3) is 10.1 Å². The van der Waals surface area contributed by atoms with Crippen LogP contribution in [0.3, 0.4) is 0 Å². The molecule has 1 heterocycles. The van der Waals surface area contributed by atoms with Gasteiger partial charge in [-0.25, -0.2) is 4.39 Å². The van der Waals surface area contributed by atoms with Crippen molar-refractivity contribution >= 4 is 21.4 Å². The van der Waals surface area contributed by atoms with E-state index in [1.807, 2.05) is 6.07 Å². The van der Waals surface area contributed by atoms with Crippen LogP contribution in [0.1, 0.15) is 4.88 Å². The van der Waals surface area contributed by atoms with Crippen molar-refractivity contribution in [3.63, 3.8) is 0 Å². The average Bonchev–Trinajstić information content (AvgIpc) is 2.78. The van der Waals surface area contributed by atoms with Crippen LogP contribution in [0.2, 0.25) is 0 Å². The van der Waals surface area contributed by atoms with E-state index >= 15 is 0 Å². The smallest absolute Gasteiger partial charge is 0.124 e. The van der Waals surface area contributed by atoms with Crippen molar-refractivity contribution in [3.05, 3.63) is 59.2 Å². The first-order valence-electron chi connectivity index (χ1n) is 5.80. The Hall–Kier alpha value is -2.07. The Morgan fingerprint density at radius 3 is 2.84 bits per heavy atom. The molecule has 3 aromatic rings. The molecule has 19 heavy (non-hydrogen) atoms. The largest absolute Gasteiger partial charge is 0.508 e. The molecule has 0 aliphatic heterocycles. The lowest BCUT2D eigenvalue weighted by atomic mass is 10.2. The Balaban J connectivity index is 1.78. The lowest BCUT2D eigenvalue weighted by molar-refractivity contribution is 0.308. The molecule has 96 valence electrons. The van der Waals surface area contributed by atoms with Gasteiger partial charge in [0, 0.05) is 15.6 Å². The summed E-state index contributed by atoms with van der Waals surface area (Å²) in [5.74, 6) is 0.564. The third kappa shape index (κ3) is 2.69. The van der Waals surface area contributed by atoms with E-state index in [9.17, 15) is 9.50 Å². The molecule has 0 unspecified atom stereocenters. The molecular weight excluding hydrogens is 263 g/mol. The van der Waals surface area contributed by atoms with Gasteiger partial charge in [-0.3, -0.25) is 0 Å². The zero-order valence-electron chi connectivity index (χ0n) is 9.97. The molecule has 0 saturated carbocycles. The fourth-order valence-electron chi connectivity index (χ4n) is 1.86. The summed E-state index contributed by atoms with van der Waals surface area (Å²) in [6, 6.07) is 13.4. The maximum atomic E-state index is 13.1. The van der Waals surface area contributed by atoms with E-state index in [4.69, 9.17) is 4.74 Å². The summed E-state index contributed by atoms with van der Waals surface area (Å²) >= 11 is 1.51. The van der Waals surface area contributed by atoms with Gasteiger partial charge in [-0.2, -0.15) is 0 Å². The summed E-state index contributed by atoms with van der Waals surface area (Å²) in [6.07, 6.45) is 0. The quantitative estimate of drug-likeness (QED) is 0.770. The van der Waals surface area contributed by atoms with E-state index in [2.05, 4.69) is 0 Å². The van der Waals surface area contributed by atoms with Crippen molar-refractivity contribution in [2.24, 2.45) is 0 Å². The predicted octanol–water partition coefficient (Wildman–Crippen LogP) is 4.33. The van der Waals surface area contributed by atoms with Gasteiger partial charge in [0.25, 0.3) is 0 Å². The van der Waals surface area contributed by atoms with Crippen molar-refractivity contribution in [1.29, 1.82) is 0 Å². The molecule has 3 rings (SSSR count). The number of halogens is 1. The summed E-state index contributed by atoms with van der Waals surface area (Å²) in [4.78, 5) is 1.02. The first kappa shape index (κ1) is 12.0. The molecule has 2 nitrogen and oxygen atoms in total. The van der Waals surface area contributed by atoms with Crippen LogP contribution >= 0.6 is 11.3 Å². The topological polar surface area (TPSA) is 29.5 Å². The first-order chi connectivity index (χ1) is 9.20. The lowest BCUT2D eigenvalue weighted by Crippen LogP contribution is -1.91. The van der Waals surface area contributed by atoms with Crippen LogP contribution in [0, 0.1) is 5.82 Å². The average molecular weight is 274 g/mol. The second kappa shape index (κ2) is 4.90. The van der Waals surface area contributed by atoms with Crippen molar-refractivity contribution in [2.45, 2.75) is 6.61 Å². The van der Waals surface area contributed by atoms with Crippen LogP contribution in [-0.4, -0.2) is 5.11 Å². The molecule has 1 N–H and O–H groups in total. The Labute approximate surface area is 113 Å². The molecule has 1 aromatic heterocycles. The Morgan fingerprint density at radius 2 is 2.00 bits per heavy atom. The fourth-order valence-corrected chi connectivity index (χ4v) is 2.86. The van der Waals surface area contributed by atoms with E-state index in [-0.39, 0.29) is 11.6 Å². The highest BCUT2D eigenvalue weighted by Crippen LogP contribution is 2.27. The summed E-state index contributed by atoms with van der Waals surface area (Å²) in [5.41, 5.74) is 0. The van der Waals surface area contributed by atoms with Gasteiger partial charge in [-0.15, -0.1) is 11.3 Å². The number of phenolic OH excluding ortho intramolecular Hbond substituents is 1. The van der Waals surface area contributed by atoms with E-state index < -0.39 is 0 Å². The number of ether oxygens (including phenoxy) is 1. The summed E-state index contributed by atoms with van der Waals surface area (Å²) in [5, 5.41) is 10.4. The van der Waals surface area contributed by atoms with Gasteiger partial charge in [0.2, 0.25) is 0 Å². The molecule has 0 aliphatic carbocycles. The van der Waals surface area contributed by atoms with E-state index in [0.717, 1.165) is 15.0 Å². The van der Waals surface area contributed by atoms with Gasteiger partial charge in [0.05, 0.1) is 0 Å². The van der Waals surface area contributed by atoms with Crippen molar-refractivity contribution in [3.8, 4) is 11.5 Å². The molecule has 4 heteroatoms. The minimum Gasteiger partial charge on any atom is -0.508 e. The number of rotatable bonds is 3. The number of benzene rings is 2. The minimum atomic E-state index is -0.227. The summed E-state index contributed by atoms with van der Waals surface area (Å²) in [7, 11) is 0. The SMILES string of the molecule is Oc1cccc(OCc2cc3ccc(F)cc3s2)c1. The van der Waals surface area contributed by atoms with Crippen molar-refractivity contribution in [2.75, 3.05) is 0 Å². The molecule has 0 atom stereocenters. The number of fused-ring (bicyclic) bond motifs is 1. The van der Waals surface area contributed by atoms with E-state index in [0.29, 0.717) is 12.4 Å². The van der Waals surface area contributed by atoms with Gasteiger partial charge in [-0.1, -0.05) is 12.1 Å². The highest BCUT2D eigenvalue weighted by molar-refractivity contribution is 7.19. The standard InChI is InChI=1S/C15H11FO2S/c16-11-5-4-10-6-14(19-15(10)7-11)9-18-13-3-1-2-12(17)8-13/h1-8,17H,9H2. The van der Waals surface area contributed by atoms with Gasteiger partial charge in [0.1, 0.15) is 23.9 Å². The number of hydrogen-bond acceptors (Lipinski definition) is 3. The van der Waals surface area contributed by atoms with Gasteiger partial charge in [-0.05, 0) is 35.7 Å².